The van der Waals surface area contributed by atoms with E-state index in [0.717, 1.165) is 19.3 Å². The van der Waals surface area contributed by atoms with E-state index < -0.39 is 16.0 Å². The Labute approximate surface area is 94.5 Å². The smallest absolute Gasteiger partial charge is 0.400 e. The van der Waals surface area contributed by atoms with Crippen LogP contribution in [-0.4, -0.2) is 16.0 Å². The van der Waals surface area contributed by atoms with Gasteiger partial charge >= 0.3 is 12.1 Å². The average Bonchev–Trinajstić information content (AvgIpc) is 2.14. The maximum Gasteiger partial charge on any atom is 0.412 e. The van der Waals surface area contributed by atoms with Crippen LogP contribution in [0.1, 0.15) is 25.7 Å². The van der Waals surface area contributed by atoms with Gasteiger partial charge in [0, 0.05) is 0 Å². The molecule has 0 aromatic heterocycles. The Bertz CT molecular complexity index is 257. The Balaban J connectivity index is 2.22. The zero-order chi connectivity index (χ0) is 10.3. The summed E-state index contributed by atoms with van der Waals surface area (Å²) in [4.78, 5) is 11.3. The number of cyclic esters (lactones) is 1. The molecule has 1 saturated carbocycles. The van der Waals surface area contributed by atoms with E-state index in [0.29, 0.717) is 6.42 Å². The quantitative estimate of drug-likeness (QED) is 0.390. The van der Waals surface area contributed by atoms with Crippen LogP contribution in [0.2, 0.25) is 0 Å². The zero-order valence-electron chi connectivity index (χ0n) is 7.51. The molecule has 1 unspecified atom stereocenters. The number of esters is 1. The molecule has 1 aliphatic heterocycles. The Kier molecular flexibility index (Phi) is 2.70. The van der Waals surface area contributed by atoms with Gasteiger partial charge in [-0.1, -0.05) is 35.4 Å². The van der Waals surface area contributed by atoms with Crippen molar-refractivity contribution in [1.29, 1.82) is 0 Å². The number of alkyl halides is 3. The molecule has 0 bridgehead atoms. The highest BCUT2D eigenvalue weighted by Gasteiger charge is 2.55. The summed E-state index contributed by atoms with van der Waals surface area (Å²) in [5, 5.41) is 0. The lowest BCUT2D eigenvalue weighted by Crippen LogP contribution is -2.51. The van der Waals surface area contributed by atoms with Crippen LogP contribution in [0, 0.1) is 11.8 Å². The lowest BCUT2D eigenvalue weighted by molar-refractivity contribution is -0.257. The van der Waals surface area contributed by atoms with Gasteiger partial charge in [-0.15, -0.1) is 0 Å². The molecule has 2 rings (SSSR count). The van der Waals surface area contributed by atoms with E-state index >= 15 is 0 Å². The van der Waals surface area contributed by atoms with Gasteiger partial charge in [-0.05, 0) is 18.8 Å². The molecule has 1 aliphatic carbocycles. The van der Waals surface area contributed by atoms with Crippen LogP contribution < -0.4 is 0 Å². The van der Waals surface area contributed by atoms with Gasteiger partial charge in [0.2, 0.25) is 0 Å². The molecule has 80 valence electrons. The van der Waals surface area contributed by atoms with E-state index in [9.17, 15) is 13.6 Å². The van der Waals surface area contributed by atoms with Gasteiger partial charge in [-0.25, -0.2) is 0 Å². The normalized spacial score (nSPS) is 41.4. The van der Waals surface area contributed by atoms with Crippen molar-refractivity contribution in [1.82, 2.24) is 0 Å². The van der Waals surface area contributed by atoms with Gasteiger partial charge in [-0.3, -0.25) is 4.79 Å². The van der Waals surface area contributed by atoms with Crippen molar-refractivity contribution < 1.29 is 18.3 Å². The molecular formula is C9H11F2IO2. The molecule has 5 heteroatoms. The van der Waals surface area contributed by atoms with Crippen molar-refractivity contribution in [3.05, 3.63) is 0 Å². The summed E-state index contributed by atoms with van der Waals surface area (Å²) < 4.78 is 29.7. The molecule has 2 aliphatic rings. The largest absolute Gasteiger partial charge is 0.412 e. The van der Waals surface area contributed by atoms with Gasteiger partial charge in [-0.2, -0.15) is 8.78 Å². The molecule has 0 aromatic rings. The molecule has 0 N–H and O–H groups in total. The molecule has 2 nitrogen and oxygen atoms in total. The van der Waals surface area contributed by atoms with E-state index in [2.05, 4.69) is 4.74 Å². The summed E-state index contributed by atoms with van der Waals surface area (Å²) in [6.07, 6.45) is 0.0629. The molecule has 0 radical (unpaired) electrons. The molecule has 0 aromatic carbocycles. The van der Waals surface area contributed by atoms with Gasteiger partial charge < -0.3 is 4.74 Å². The zero-order valence-corrected chi connectivity index (χ0v) is 9.67. The van der Waals surface area contributed by atoms with Gasteiger partial charge in [0.1, 0.15) is 3.92 Å². The third-order valence-corrected chi connectivity index (χ3v) is 4.70. The third-order valence-electron chi connectivity index (χ3n) is 3.06. The Morgan fingerprint density at radius 3 is 2.71 bits per heavy atom. The average molecular weight is 316 g/mol. The predicted octanol–water partition coefficient (Wildman–Crippen LogP) is 2.75. The Morgan fingerprint density at radius 2 is 2.00 bits per heavy atom. The fourth-order valence-corrected chi connectivity index (χ4v) is 3.31. The maximum absolute atomic E-state index is 13.2. The second-order valence-electron chi connectivity index (χ2n) is 3.94. The SMILES string of the molecule is O=C1OC(F)(F)C(I)[C@@H]2CCCC[C@H]12. The molecule has 3 atom stereocenters. The summed E-state index contributed by atoms with van der Waals surface area (Å²) in [6.45, 7) is 0. The first kappa shape index (κ1) is 10.6. The topological polar surface area (TPSA) is 26.3 Å². The molecule has 14 heavy (non-hydrogen) atoms. The minimum absolute atomic E-state index is 0.194. The lowest BCUT2D eigenvalue weighted by Gasteiger charge is -2.40. The van der Waals surface area contributed by atoms with Crippen LogP contribution in [0.25, 0.3) is 0 Å². The van der Waals surface area contributed by atoms with Crippen LogP contribution >= 0.6 is 22.6 Å². The van der Waals surface area contributed by atoms with Crippen molar-refractivity contribution in [2.24, 2.45) is 11.8 Å². The summed E-state index contributed by atoms with van der Waals surface area (Å²) in [5.41, 5.74) is 0. The van der Waals surface area contributed by atoms with E-state index in [1.165, 1.54) is 0 Å². The first-order valence-corrected chi connectivity index (χ1v) is 6.01. The summed E-state index contributed by atoms with van der Waals surface area (Å²) in [5.74, 6) is -1.18. The molecular weight excluding hydrogens is 305 g/mol. The van der Waals surface area contributed by atoms with Crippen molar-refractivity contribution in [2.75, 3.05) is 0 Å². The highest BCUT2D eigenvalue weighted by Crippen LogP contribution is 2.47. The number of carbonyl (C=O) groups excluding carboxylic acids is 1. The van der Waals surface area contributed by atoms with Crippen LogP contribution in [0.15, 0.2) is 0 Å². The standard InChI is InChI=1S/C9H11F2IO2/c10-9(11)7(12)5-3-1-2-4-6(5)8(13)14-9/h5-7H,1-4H2/t5-,6+,7?/m1/s1. The minimum atomic E-state index is -3.27. The molecule has 2 fully saturated rings. The number of ether oxygens (including phenoxy) is 1. The van der Waals surface area contributed by atoms with Gasteiger partial charge in [0.15, 0.2) is 0 Å². The summed E-state index contributed by atoms with van der Waals surface area (Å²) >= 11 is 1.72. The van der Waals surface area contributed by atoms with Crippen LogP contribution in [0.5, 0.6) is 0 Å². The maximum atomic E-state index is 13.2. The Morgan fingerprint density at radius 1 is 1.36 bits per heavy atom. The lowest BCUT2D eigenvalue weighted by atomic mass is 9.76. The number of rotatable bonds is 0. The van der Waals surface area contributed by atoms with Crippen LogP contribution in [-0.2, 0) is 9.53 Å². The predicted molar refractivity (Wildman–Crippen MR) is 54.3 cm³/mol. The van der Waals surface area contributed by atoms with E-state index in [4.69, 9.17) is 0 Å². The third kappa shape index (κ3) is 1.63. The van der Waals surface area contributed by atoms with Crippen molar-refractivity contribution in [2.45, 2.75) is 35.7 Å². The van der Waals surface area contributed by atoms with Gasteiger partial charge in [0.25, 0.3) is 0 Å². The van der Waals surface area contributed by atoms with E-state index in [1.54, 1.807) is 22.6 Å². The summed E-state index contributed by atoms with van der Waals surface area (Å²) in [6, 6.07) is 0. The minimum Gasteiger partial charge on any atom is -0.400 e. The fraction of sp³-hybridized carbons (Fsp3) is 0.889. The molecule has 0 amide bonds. The number of carbonyl (C=O) groups is 1. The van der Waals surface area contributed by atoms with Gasteiger partial charge in [0.05, 0.1) is 5.92 Å². The van der Waals surface area contributed by atoms with E-state index in [1.807, 2.05) is 0 Å². The van der Waals surface area contributed by atoms with Crippen LogP contribution in [0.3, 0.4) is 0 Å². The second kappa shape index (κ2) is 3.57. The summed E-state index contributed by atoms with van der Waals surface area (Å²) in [7, 11) is 0. The highest BCUT2D eigenvalue weighted by molar-refractivity contribution is 14.1. The fourth-order valence-electron chi connectivity index (χ4n) is 2.32. The van der Waals surface area contributed by atoms with Crippen molar-refractivity contribution in [3.8, 4) is 0 Å². The number of hydrogen-bond acceptors (Lipinski definition) is 2. The first-order chi connectivity index (χ1) is 6.52. The molecule has 0 spiro atoms. The number of hydrogen-bond donors (Lipinski definition) is 0. The Hall–Kier alpha value is 0.0600. The van der Waals surface area contributed by atoms with Crippen LogP contribution in [0.4, 0.5) is 8.78 Å². The monoisotopic (exact) mass is 316 g/mol. The van der Waals surface area contributed by atoms with E-state index in [-0.39, 0.29) is 11.8 Å². The second-order valence-corrected chi connectivity index (χ2v) is 5.28. The molecule has 1 saturated heterocycles. The number of fused-ring (bicyclic) bond motifs is 1. The van der Waals surface area contributed by atoms with Crippen molar-refractivity contribution in [3.63, 3.8) is 0 Å². The van der Waals surface area contributed by atoms with Crippen molar-refractivity contribution >= 4 is 28.6 Å². The first-order valence-electron chi connectivity index (χ1n) is 4.77. The molecule has 1 heterocycles. The number of halogens is 3. The highest BCUT2D eigenvalue weighted by atomic mass is 127.